The molecular weight excluding hydrogens is 569 g/mol. The first kappa shape index (κ1) is 32.4. The lowest BCUT2D eigenvalue weighted by Crippen LogP contribution is -2.48. The van der Waals surface area contributed by atoms with Crippen molar-refractivity contribution in [1.82, 2.24) is 19.8 Å². The van der Waals surface area contributed by atoms with Crippen LogP contribution in [0.4, 0.5) is 15.1 Å². The molecule has 230 valence electrons. The highest BCUT2D eigenvalue weighted by molar-refractivity contribution is 6.32. The first-order valence-corrected chi connectivity index (χ1v) is 15.2. The van der Waals surface area contributed by atoms with E-state index in [1.54, 1.807) is 23.2 Å². The van der Waals surface area contributed by atoms with Crippen LogP contribution >= 0.6 is 11.6 Å². The average Bonchev–Trinajstić information content (AvgIpc) is 2.98. The summed E-state index contributed by atoms with van der Waals surface area (Å²) in [6.45, 7) is 9.07. The number of nitrogens with zero attached hydrogens (tertiary/aromatic N) is 4. The molecule has 2 fully saturated rings. The number of aromatic nitrogens is 2. The van der Waals surface area contributed by atoms with Crippen molar-refractivity contribution >= 4 is 29.9 Å². The van der Waals surface area contributed by atoms with Crippen molar-refractivity contribution < 1.29 is 18.7 Å². The third kappa shape index (κ3) is 9.73. The van der Waals surface area contributed by atoms with E-state index in [1.807, 2.05) is 45.0 Å². The van der Waals surface area contributed by atoms with Crippen molar-refractivity contribution in [3.8, 4) is 22.4 Å². The van der Waals surface area contributed by atoms with Crippen LogP contribution in [0.1, 0.15) is 46.5 Å². The zero-order valence-electron chi connectivity index (χ0n) is 25.4. The molecular formula is C33H41ClFN5O3. The third-order valence-electron chi connectivity index (χ3n) is 7.45. The number of likely N-dealkylation sites (N-methyl/N-ethyl adjacent to an activating group) is 1. The topological polar surface area (TPSA) is 87.7 Å². The number of nitrogens with one attached hydrogen (secondary N) is 1. The van der Waals surface area contributed by atoms with Crippen LogP contribution in [0.3, 0.4) is 0 Å². The van der Waals surface area contributed by atoms with Gasteiger partial charge in [0.25, 0.3) is 0 Å². The summed E-state index contributed by atoms with van der Waals surface area (Å²) in [4.78, 5) is 35.6. The van der Waals surface area contributed by atoms with Gasteiger partial charge >= 0.3 is 6.09 Å². The van der Waals surface area contributed by atoms with E-state index in [1.165, 1.54) is 12.1 Å². The minimum Gasteiger partial charge on any atom is -0.444 e. The molecule has 1 saturated heterocycles. The van der Waals surface area contributed by atoms with Gasteiger partial charge in [-0.3, -0.25) is 0 Å². The molecule has 3 aromatic rings. The fourth-order valence-corrected chi connectivity index (χ4v) is 5.31. The van der Waals surface area contributed by atoms with Crippen molar-refractivity contribution in [2.45, 2.75) is 58.1 Å². The fourth-order valence-electron chi connectivity index (χ4n) is 5.11. The molecule has 1 aliphatic carbocycles. The molecule has 2 atom stereocenters. The molecule has 2 unspecified atom stereocenters. The molecule has 5 rings (SSSR count). The van der Waals surface area contributed by atoms with Crippen molar-refractivity contribution in [3.05, 3.63) is 65.6 Å². The van der Waals surface area contributed by atoms with Crippen LogP contribution in [0, 0.1) is 11.7 Å². The number of hydrogen-bond donors (Lipinski definition) is 1. The normalized spacial score (nSPS) is 19.2. The van der Waals surface area contributed by atoms with E-state index in [-0.39, 0.29) is 29.5 Å². The van der Waals surface area contributed by atoms with Crippen molar-refractivity contribution in [1.29, 1.82) is 0 Å². The highest BCUT2D eigenvalue weighted by atomic mass is 35.5. The third-order valence-corrected chi connectivity index (χ3v) is 7.73. The van der Waals surface area contributed by atoms with Gasteiger partial charge in [-0.05, 0) is 76.4 Å². The summed E-state index contributed by atoms with van der Waals surface area (Å²) >= 11 is 6.39. The number of anilines is 1. The Morgan fingerprint density at radius 2 is 1.74 bits per heavy atom. The second-order valence-electron chi connectivity index (χ2n) is 12.2. The zero-order valence-corrected chi connectivity index (χ0v) is 26.1. The van der Waals surface area contributed by atoms with E-state index in [9.17, 15) is 14.0 Å². The van der Waals surface area contributed by atoms with E-state index in [0.29, 0.717) is 16.7 Å². The SMILES string of the molecule is CN1CCN(C(=O)OC(C)(C)C)CC1.O=CC1CCCC(Nc2ncc(Cl)c(-c3cccc(-c4ccc(F)cc4)c3)n2)C1. The van der Waals surface area contributed by atoms with Gasteiger partial charge in [-0.2, -0.15) is 0 Å². The Morgan fingerprint density at radius 3 is 2.42 bits per heavy atom. The minimum atomic E-state index is -0.388. The Labute approximate surface area is 258 Å². The lowest BCUT2D eigenvalue weighted by Gasteiger charge is -2.33. The van der Waals surface area contributed by atoms with Gasteiger partial charge in [-0.25, -0.2) is 19.2 Å². The Morgan fingerprint density at radius 1 is 1.05 bits per heavy atom. The molecule has 2 aliphatic rings. The fraction of sp³-hybridized carbons (Fsp3) is 0.455. The van der Waals surface area contributed by atoms with Crippen molar-refractivity contribution in [3.63, 3.8) is 0 Å². The molecule has 1 N–H and O–H groups in total. The van der Waals surface area contributed by atoms with Gasteiger partial charge in [0.05, 0.1) is 16.9 Å². The predicted molar refractivity (Wildman–Crippen MR) is 169 cm³/mol. The van der Waals surface area contributed by atoms with Crippen LogP contribution in [-0.2, 0) is 9.53 Å². The lowest BCUT2D eigenvalue weighted by molar-refractivity contribution is -0.111. The first-order chi connectivity index (χ1) is 20.5. The number of carbonyl (C=O) groups excluding carboxylic acids is 2. The number of benzene rings is 2. The van der Waals surface area contributed by atoms with E-state index in [0.717, 1.165) is 74.8 Å². The predicted octanol–water partition coefficient (Wildman–Crippen LogP) is 6.94. The second-order valence-corrected chi connectivity index (χ2v) is 12.6. The molecule has 10 heteroatoms. The minimum absolute atomic E-state index is 0.0976. The second kappa shape index (κ2) is 14.8. The van der Waals surface area contributed by atoms with Gasteiger partial charge in [-0.1, -0.05) is 48.4 Å². The number of hydrogen-bond acceptors (Lipinski definition) is 7. The maximum atomic E-state index is 13.2. The summed E-state index contributed by atoms with van der Waals surface area (Å²) in [7, 11) is 2.06. The number of piperazine rings is 1. The van der Waals surface area contributed by atoms with Crippen LogP contribution in [0.15, 0.2) is 54.7 Å². The maximum absolute atomic E-state index is 13.2. The number of aldehydes is 1. The van der Waals surface area contributed by atoms with Crippen molar-refractivity contribution in [2.75, 3.05) is 38.5 Å². The molecule has 8 nitrogen and oxygen atoms in total. The van der Waals surface area contributed by atoms with Gasteiger partial charge in [-0.15, -0.1) is 0 Å². The smallest absolute Gasteiger partial charge is 0.410 e. The Kier molecular flexibility index (Phi) is 11.1. The van der Waals surface area contributed by atoms with Crippen LogP contribution in [0.5, 0.6) is 0 Å². The lowest BCUT2D eigenvalue weighted by atomic mass is 9.87. The highest BCUT2D eigenvalue weighted by Gasteiger charge is 2.25. The standard InChI is InChI=1S/C23H21ClFN3O.C10H20N2O2/c24-21-13-26-23(27-20-6-1-3-15(11-20)14-29)28-22(21)18-5-2-4-17(12-18)16-7-9-19(25)10-8-16;1-10(2,3)14-9(13)12-7-5-11(4)6-8-12/h2,4-5,7-10,12-15,20H,1,3,6,11H2,(H,26,27,28);5-8H2,1-4H3. The van der Waals surface area contributed by atoms with Crippen LogP contribution in [0.25, 0.3) is 22.4 Å². The van der Waals surface area contributed by atoms with Gasteiger partial charge < -0.3 is 24.6 Å². The molecule has 1 saturated carbocycles. The summed E-state index contributed by atoms with van der Waals surface area (Å²) < 4.78 is 18.5. The van der Waals surface area contributed by atoms with Gasteiger partial charge in [0.1, 0.15) is 17.7 Å². The molecule has 1 amide bonds. The molecule has 1 aromatic heterocycles. The Bertz CT molecular complexity index is 1370. The quantitative estimate of drug-likeness (QED) is 0.313. The van der Waals surface area contributed by atoms with E-state index in [4.69, 9.17) is 16.3 Å². The molecule has 43 heavy (non-hydrogen) atoms. The van der Waals surface area contributed by atoms with E-state index in [2.05, 4.69) is 27.2 Å². The van der Waals surface area contributed by atoms with Crippen LogP contribution in [-0.4, -0.2) is 77.0 Å². The number of halogens is 2. The summed E-state index contributed by atoms with van der Waals surface area (Å²) in [5.41, 5.74) is 2.97. The number of carbonyl (C=O) groups is 2. The maximum Gasteiger partial charge on any atom is 0.410 e. The van der Waals surface area contributed by atoms with Gasteiger partial charge in [0.15, 0.2) is 0 Å². The number of ether oxygens (including phenoxy) is 1. The zero-order chi connectivity index (χ0) is 31.0. The van der Waals surface area contributed by atoms with E-state index < -0.39 is 0 Å². The monoisotopic (exact) mass is 609 g/mol. The molecule has 2 aromatic carbocycles. The Balaban J connectivity index is 0.000000255. The molecule has 0 bridgehead atoms. The molecule has 0 spiro atoms. The summed E-state index contributed by atoms with van der Waals surface area (Å²) in [5, 5.41) is 3.81. The Hall–Kier alpha value is -3.56. The molecule has 0 radical (unpaired) electrons. The van der Waals surface area contributed by atoms with Gasteiger partial charge in [0, 0.05) is 43.7 Å². The summed E-state index contributed by atoms with van der Waals surface area (Å²) in [6, 6.07) is 14.4. The largest absolute Gasteiger partial charge is 0.444 e. The first-order valence-electron chi connectivity index (χ1n) is 14.8. The number of rotatable bonds is 5. The van der Waals surface area contributed by atoms with Crippen LogP contribution in [0.2, 0.25) is 5.02 Å². The molecule has 1 aliphatic heterocycles. The molecule has 2 heterocycles. The summed E-state index contributed by atoms with van der Waals surface area (Å²) in [5.74, 6) is 0.340. The highest BCUT2D eigenvalue weighted by Crippen LogP contribution is 2.31. The van der Waals surface area contributed by atoms with Crippen molar-refractivity contribution in [2.24, 2.45) is 5.92 Å². The number of amides is 1. The van der Waals surface area contributed by atoms with Crippen LogP contribution < -0.4 is 5.32 Å². The van der Waals surface area contributed by atoms with E-state index >= 15 is 0 Å². The summed E-state index contributed by atoms with van der Waals surface area (Å²) in [6.07, 6.45) is 6.20. The average molecular weight is 610 g/mol. The van der Waals surface area contributed by atoms with Gasteiger partial charge in [0.2, 0.25) is 5.95 Å².